The van der Waals surface area contributed by atoms with Crippen LogP contribution in [0.4, 0.5) is 10.5 Å². The Morgan fingerprint density at radius 1 is 1.48 bits per heavy atom. The smallest absolute Gasteiger partial charge is 0.427 e. The minimum absolute atomic E-state index is 0.145. The molecule has 1 aliphatic rings. The summed E-state index contributed by atoms with van der Waals surface area (Å²) in [6, 6.07) is 7.56. The summed E-state index contributed by atoms with van der Waals surface area (Å²) in [5.41, 5.74) is 4.69. The fourth-order valence-corrected chi connectivity index (χ4v) is 2.18. The van der Waals surface area contributed by atoms with E-state index >= 15 is 0 Å². The molecule has 2 amide bonds. The summed E-state index contributed by atoms with van der Waals surface area (Å²) >= 11 is 0. The molecule has 0 unspecified atom stereocenters. The van der Waals surface area contributed by atoms with Gasteiger partial charge in [-0.2, -0.15) is 5.10 Å². The third-order valence-corrected chi connectivity index (χ3v) is 3.24. The maximum atomic E-state index is 11.8. The Hall–Kier alpha value is -2.37. The molecular weight excluding hydrogens is 270 g/mol. The van der Waals surface area contributed by atoms with Crippen molar-refractivity contribution in [2.24, 2.45) is 5.10 Å². The molecule has 1 aromatic rings. The molecule has 1 heterocycles. The van der Waals surface area contributed by atoms with Gasteiger partial charge in [0.05, 0.1) is 12.3 Å². The van der Waals surface area contributed by atoms with E-state index < -0.39 is 6.09 Å². The highest BCUT2D eigenvalue weighted by molar-refractivity contribution is 6.01. The molecule has 0 radical (unpaired) electrons. The Bertz CT molecular complexity index is 569. The molecule has 0 saturated carbocycles. The van der Waals surface area contributed by atoms with E-state index in [0.717, 1.165) is 24.2 Å². The van der Waals surface area contributed by atoms with Gasteiger partial charge in [-0.3, -0.25) is 4.79 Å². The van der Waals surface area contributed by atoms with Crippen LogP contribution in [-0.2, 0) is 9.53 Å². The van der Waals surface area contributed by atoms with Crippen molar-refractivity contribution in [2.45, 2.75) is 26.7 Å². The minimum atomic E-state index is -0.581. The summed E-state index contributed by atoms with van der Waals surface area (Å²) in [5.74, 6) is 0.145. The van der Waals surface area contributed by atoms with Crippen molar-refractivity contribution < 1.29 is 14.3 Å². The summed E-state index contributed by atoms with van der Waals surface area (Å²) in [5, 5.41) is 3.99. The molecule has 1 aliphatic heterocycles. The maximum Gasteiger partial charge on any atom is 0.427 e. The lowest BCUT2D eigenvalue weighted by Crippen LogP contribution is -2.24. The van der Waals surface area contributed by atoms with Crippen molar-refractivity contribution in [2.75, 3.05) is 18.1 Å². The number of hydrazone groups is 1. The van der Waals surface area contributed by atoms with E-state index in [4.69, 9.17) is 4.74 Å². The van der Waals surface area contributed by atoms with Gasteiger partial charge in [-0.25, -0.2) is 10.2 Å². The van der Waals surface area contributed by atoms with E-state index in [1.54, 1.807) is 18.7 Å². The first-order chi connectivity index (χ1) is 10.1. The summed E-state index contributed by atoms with van der Waals surface area (Å²) < 4.78 is 4.74. The highest BCUT2D eigenvalue weighted by Gasteiger charge is 2.21. The van der Waals surface area contributed by atoms with Crippen molar-refractivity contribution >= 4 is 23.4 Å². The SMILES string of the molecule is CCOC(=O)N/N=C(/C)c1cccc(N2CCCC2=O)c1. The number of carbonyl (C=O) groups excluding carboxylic acids is 2. The summed E-state index contributed by atoms with van der Waals surface area (Å²) in [4.78, 5) is 24.7. The van der Waals surface area contributed by atoms with Crippen LogP contribution < -0.4 is 10.3 Å². The van der Waals surface area contributed by atoms with Crippen LogP contribution in [0.2, 0.25) is 0 Å². The van der Waals surface area contributed by atoms with E-state index in [0.29, 0.717) is 18.7 Å². The molecule has 112 valence electrons. The van der Waals surface area contributed by atoms with Gasteiger partial charge in [0.1, 0.15) is 0 Å². The van der Waals surface area contributed by atoms with Gasteiger partial charge in [0.2, 0.25) is 5.91 Å². The van der Waals surface area contributed by atoms with Crippen LogP contribution in [-0.4, -0.2) is 30.9 Å². The van der Waals surface area contributed by atoms with Crippen LogP contribution >= 0.6 is 0 Å². The summed E-state index contributed by atoms with van der Waals surface area (Å²) in [6.07, 6.45) is 0.908. The fraction of sp³-hybridized carbons (Fsp3) is 0.400. The van der Waals surface area contributed by atoms with Crippen LogP contribution in [0, 0.1) is 0 Å². The molecule has 1 aromatic carbocycles. The number of carbonyl (C=O) groups is 2. The Balaban J connectivity index is 2.11. The lowest BCUT2D eigenvalue weighted by Gasteiger charge is -2.16. The molecule has 6 nitrogen and oxygen atoms in total. The van der Waals surface area contributed by atoms with Crippen LogP contribution in [0.25, 0.3) is 0 Å². The predicted octanol–water partition coefficient (Wildman–Crippen LogP) is 2.28. The molecule has 0 aliphatic carbocycles. The van der Waals surface area contributed by atoms with Crippen LogP contribution in [0.15, 0.2) is 29.4 Å². The summed E-state index contributed by atoms with van der Waals surface area (Å²) in [6.45, 7) is 4.57. The second kappa shape index (κ2) is 6.88. The van der Waals surface area contributed by atoms with Gasteiger partial charge in [0.25, 0.3) is 0 Å². The second-order valence-corrected chi connectivity index (χ2v) is 4.73. The van der Waals surface area contributed by atoms with Crippen LogP contribution in [0.3, 0.4) is 0 Å². The first-order valence-electron chi connectivity index (χ1n) is 6.99. The average Bonchev–Trinajstić information content (AvgIpc) is 2.91. The Morgan fingerprint density at radius 3 is 2.95 bits per heavy atom. The van der Waals surface area contributed by atoms with Crippen molar-refractivity contribution in [1.82, 2.24) is 5.43 Å². The zero-order valence-electron chi connectivity index (χ0n) is 12.3. The monoisotopic (exact) mass is 289 g/mol. The average molecular weight is 289 g/mol. The molecule has 1 fully saturated rings. The van der Waals surface area contributed by atoms with Gasteiger partial charge < -0.3 is 9.64 Å². The number of amides is 2. The fourth-order valence-electron chi connectivity index (χ4n) is 2.18. The number of anilines is 1. The van der Waals surface area contributed by atoms with Gasteiger partial charge in [-0.05, 0) is 38.0 Å². The summed E-state index contributed by atoms with van der Waals surface area (Å²) in [7, 11) is 0. The van der Waals surface area contributed by atoms with E-state index in [1.165, 1.54) is 0 Å². The first-order valence-corrected chi connectivity index (χ1v) is 6.99. The third kappa shape index (κ3) is 3.81. The van der Waals surface area contributed by atoms with Crippen LogP contribution in [0.1, 0.15) is 32.3 Å². The number of nitrogens with one attached hydrogen (secondary N) is 1. The van der Waals surface area contributed by atoms with Gasteiger partial charge in [0.15, 0.2) is 0 Å². The zero-order chi connectivity index (χ0) is 15.2. The number of hydrogen-bond donors (Lipinski definition) is 1. The van der Waals surface area contributed by atoms with E-state index in [9.17, 15) is 9.59 Å². The van der Waals surface area contributed by atoms with Gasteiger partial charge >= 0.3 is 6.09 Å². The number of rotatable bonds is 4. The molecule has 0 spiro atoms. The minimum Gasteiger partial charge on any atom is -0.449 e. The van der Waals surface area contributed by atoms with Crippen molar-refractivity contribution in [3.05, 3.63) is 29.8 Å². The lowest BCUT2D eigenvalue weighted by molar-refractivity contribution is -0.117. The van der Waals surface area contributed by atoms with Crippen molar-refractivity contribution in [1.29, 1.82) is 0 Å². The number of nitrogens with zero attached hydrogens (tertiary/aromatic N) is 2. The Morgan fingerprint density at radius 2 is 2.29 bits per heavy atom. The van der Waals surface area contributed by atoms with E-state index in [1.807, 2.05) is 24.3 Å². The molecular formula is C15H19N3O3. The van der Waals surface area contributed by atoms with E-state index in [2.05, 4.69) is 10.5 Å². The molecule has 0 aromatic heterocycles. The molecule has 0 bridgehead atoms. The number of hydrogen-bond acceptors (Lipinski definition) is 4. The molecule has 21 heavy (non-hydrogen) atoms. The van der Waals surface area contributed by atoms with Gasteiger partial charge in [-0.15, -0.1) is 0 Å². The Kier molecular flexibility index (Phi) is 4.92. The molecule has 1 saturated heterocycles. The van der Waals surface area contributed by atoms with Gasteiger partial charge in [0, 0.05) is 18.7 Å². The molecule has 0 atom stereocenters. The molecule has 2 rings (SSSR count). The Labute approximate surface area is 123 Å². The number of benzene rings is 1. The number of ether oxygens (including phenoxy) is 1. The lowest BCUT2D eigenvalue weighted by atomic mass is 10.1. The standard InChI is InChI=1S/C15H19N3O3/c1-3-21-15(20)17-16-11(2)12-6-4-7-13(10-12)18-9-5-8-14(18)19/h4,6-7,10H,3,5,8-9H2,1-2H3,(H,17,20)/b16-11-. The quantitative estimate of drug-likeness (QED) is 0.683. The topological polar surface area (TPSA) is 71.0 Å². The van der Waals surface area contributed by atoms with E-state index in [-0.39, 0.29) is 5.91 Å². The highest BCUT2D eigenvalue weighted by atomic mass is 16.5. The third-order valence-electron chi connectivity index (χ3n) is 3.24. The largest absolute Gasteiger partial charge is 0.449 e. The zero-order valence-corrected chi connectivity index (χ0v) is 12.3. The van der Waals surface area contributed by atoms with Gasteiger partial charge in [-0.1, -0.05) is 12.1 Å². The predicted molar refractivity (Wildman–Crippen MR) is 80.4 cm³/mol. The second-order valence-electron chi connectivity index (χ2n) is 4.73. The van der Waals surface area contributed by atoms with Crippen molar-refractivity contribution in [3.63, 3.8) is 0 Å². The normalized spacial score (nSPS) is 15.2. The van der Waals surface area contributed by atoms with Crippen molar-refractivity contribution in [3.8, 4) is 0 Å². The highest BCUT2D eigenvalue weighted by Crippen LogP contribution is 2.22. The molecule has 1 N–H and O–H groups in total. The van der Waals surface area contributed by atoms with Crippen LogP contribution in [0.5, 0.6) is 0 Å². The first kappa shape index (κ1) is 15.0. The molecule has 6 heteroatoms. The maximum absolute atomic E-state index is 11.8.